The second-order valence-corrected chi connectivity index (χ2v) is 10.9. The number of ether oxygens (including phenoxy) is 1. The molecule has 1 heterocycles. The Kier molecular flexibility index (Phi) is 8.27. The molecule has 0 fully saturated rings. The van der Waals surface area contributed by atoms with Gasteiger partial charge in [-0.1, -0.05) is 89.9 Å². The van der Waals surface area contributed by atoms with Crippen LogP contribution >= 0.6 is 23.2 Å². The van der Waals surface area contributed by atoms with E-state index < -0.39 is 0 Å². The van der Waals surface area contributed by atoms with E-state index in [1.165, 1.54) is 11.6 Å². The van der Waals surface area contributed by atoms with Crippen LogP contribution in [0.4, 0.5) is 0 Å². The van der Waals surface area contributed by atoms with E-state index in [4.69, 9.17) is 27.9 Å². The molecular weight excluding hydrogens is 577 g/mol. The van der Waals surface area contributed by atoms with E-state index in [1.807, 2.05) is 48.5 Å². The van der Waals surface area contributed by atoms with Gasteiger partial charge in [-0.05, 0) is 89.0 Å². The van der Waals surface area contributed by atoms with Gasteiger partial charge in [0.1, 0.15) is 6.61 Å². The molecule has 7 heteroatoms. The average molecular weight is 605 g/mol. The van der Waals surface area contributed by atoms with Crippen LogP contribution in [-0.4, -0.2) is 16.7 Å². The Bertz CT molecular complexity index is 1920. The lowest BCUT2D eigenvalue weighted by atomic mass is 10.1. The number of hydrogen-bond donors (Lipinski definition) is 1. The number of aromatic nitrogens is 1. The van der Waals surface area contributed by atoms with Crippen molar-refractivity contribution >= 4 is 46.1 Å². The van der Waals surface area contributed by atoms with E-state index >= 15 is 0 Å². The number of hydrazone groups is 1. The van der Waals surface area contributed by atoms with Gasteiger partial charge in [-0.25, -0.2) is 5.43 Å². The Morgan fingerprint density at radius 2 is 1.51 bits per heavy atom. The van der Waals surface area contributed by atoms with Gasteiger partial charge >= 0.3 is 0 Å². The van der Waals surface area contributed by atoms with Crippen molar-refractivity contribution in [3.8, 4) is 22.7 Å². The lowest BCUT2D eigenvalue weighted by molar-refractivity contribution is 0.0955. The Morgan fingerprint density at radius 1 is 0.814 bits per heavy atom. The molecule has 5 nitrogen and oxygen atoms in total. The molecule has 6 aromatic rings. The lowest BCUT2D eigenvalue weighted by Gasteiger charge is -2.13. The standard InChI is InChI=1S/C36H27Cl2N3O2/c1-24-11-18-34(28-8-3-2-4-9-28)41(24)31-16-14-29(15-17-31)36(42)40-39-22-26-20-32(37)35(33(38)21-26)43-23-25-12-13-27-7-5-6-10-30(27)19-25/h2-22H,23H2,1H3,(H,40,42)/b39-22+. The number of hydrogen-bond acceptors (Lipinski definition) is 3. The van der Waals surface area contributed by atoms with Crippen LogP contribution in [0.5, 0.6) is 5.75 Å². The summed E-state index contributed by atoms with van der Waals surface area (Å²) in [4.78, 5) is 12.8. The maximum atomic E-state index is 12.8. The molecule has 0 aliphatic rings. The molecule has 1 amide bonds. The molecule has 0 aliphatic heterocycles. The van der Waals surface area contributed by atoms with Crippen molar-refractivity contribution in [3.63, 3.8) is 0 Å². The minimum atomic E-state index is -0.331. The van der Waals surface area contributed by atoms with Crippen molar-refractivity contribution in [1.29, 1.82) is 0 Å². The first-order valence-electron chi connectivity index (χ1n) is 13.7. The van der Waals surface area contributed by atoms with Gasteiger partial charge in [-0.3, -0.25) is 4.79 Å². The fourth-order valence-corrected chi connectivity index (χ4v) is 5.60. The zero-order chi connectivity index (χ0) is 29.8. The molecular formula is C36H27Cl2N3O2. The monoisotopic (exact) mass is 603 g/mol. The maximum absolute atomic E-state index is 12.8. The zero-order valence-corrected chi connectivity index (χ0v) is 24.8. The molecule has 1 N–H and O–H groups in total. The third kappa shape index (κ3) is 6.33. The summed E-state index contributed by atoms with van der Waals surface area (Å²) in [5.74, 6) is 0.0639. The molecule has 1 aromatic heterocycles. The van der Waals surface area contributed by atoms with Gasteiger partial charge in [0.2, 0.25) is 0 Å². The number of fused-ring (bicyclic) bond motifs is 1. The van der Waals surface area contributed by atoms with Gasteiger partial charge in [0.05, 0.1) is 22.0 Å². The number of benzene rings is 5. The molecule has 43 heavy (non-hydrogen) atoms. The van der Waals surface area contributed by atoms with Crippen LogP contribution in [0.3, 0.4) is 0 Å². The van der Waals surface area contributed by atoms with Gasteiger partial charge in [0.15, 0.2) is 5.75 Å². The summed E-state index contributed by atoms with van der Waals surface area (Å²) in [6, 6.07) is 39.5. The van der Waals surface area contributed by atoms with E-state index in [-0.39, 0.29) is 5.91 Å². The number of amides is 1. The van der Waals surface area contributed by atoms with Crippen LogP contribution in [0.15, 0.2) is 126 Å². The SMILES string of the molecule is Cc1ccc(-c2ccccc2)n1-c1ccc(C(=O)N/N=C/c2cc(Cl)c(OCc3ccc4ccccc4c3)c(Cl)c2)cc1. The summed E-state index contributed by atoms with van der Waals surface area (Å²) < 4.78 is 8.12. The predicted octanol–water partition coefficient (Wildman–Crippen LogP) is 9.26. The lowest BCUT2D eigenvalue weighted by Crippen LogP contribution is -2.17. The van der Waals surface area contributed by atoms with Crippen molar-refractivity contribution in [1.82, 2.24) is 9.99 Å². The summed E-state index contributed by atoms with van der Waals surface area (Å²) >= 11 is 13.0. The maximum Gasteiger partial charge on any atom is 0.271 e. The molecule has 0 spiro atoms. The van der Waals surface area contributed by atoms with Gasteiger partial charge in [0.25, 0.3) is 5.91 Å². The van der Waals surface area contributed by atoms with Crippen LogP contribution in [0.1, 0.15) is 27.2 Å². The van der Waals surface area contributed by atoms with Crippen LogP contribution in [0, 0.1) is 6.92 Å². The summed E-state index contributed by atoms with van der Waals surface area (Å²) in [6.07, 6.45) is 1.49. The number of aryl methyl sites for hydroxylation is 1. The van der Waals surface area contributed by atoms with Crippen molar-refractivity contribution in [3.05, 3.63) is 154 Å². The first-order chi connectivity index (χ1) is 21.0. The van der Waals surface area contributed by atoms with Gasteiger partial charge in [-0.2, -0.15) is 5.10 Å². The number of halogens is 2. The Hall–Kier alpha value is -4.84. The van der Waals surface area contributed by atoms with E-state index in [9.17, 15) is 4.79 Å². The van der Waals surface area contributed by atoms with Crippen LogP contribution in [0.25, 0.3) is 27.7 Å². The zero-order valence-electron chi connectivity index (χ0n) is 23.3. The van der Waals surface area contributed by atoms with E-state index in [0.29, 0.717) is 33.5 Å². The number of carbonyl (C=O) groups excluding carboxylic acids is 1. The molecule has 5 aromatic carbocycles. The summed E-state index contributed by atoms with van der Waals surface area (Å²) in [5, 5.41) is 7.12. The molecule has 0 saturated heterocycles. The molecule has 0 aliphatic carbocycles. The van der Waals surface area contributed by atoms with Crippen LogP contribution in [0.2, 0.25) is 10.0 Å². The molecule has 212 valence electrons. The second-order valence-electron chi connectivity index (χ2n) is 10.1. The molecule has 0 bridgehead atoms. The molecule has 0 atom stereocenters. The number of rotatable bonds is 8. The average Bonchev–Trinajstić information content (AvgIpc) is 3.42. The van der Waals surface area contributed by atoms with E-state index in [1.54, 1.807) is 24.3 Å². The van der Waals surface area contributed by atoms with Gasteiger partial charge in [-0.15, -0.1) is 0 Å². The Morgan fingerprint density at radius 3 is 2.26 bits per heavy atom. The third-order valence-electron chi connectivity index (χ3n) is 7.13. The minimum Gasteiger partial charge on any atom is -0.486 e. The minimum absolute atomic E-state index is 0.323. The summed E-state index contributed by atoms with van der Waals surface area (Å²) in [7, 11) is 0. The smallest absolute Gasteiger partial charge is 0.271 e. The third-order valence-corrected chi connectivity index (χ3v) is 7.69. The van der Waals surface area contributed by atoms with Gasteiger partial charge in [0, 0.05) is 16.9 Å². The van der Waals surface area contributed by atoms with Gasteiger partial charge < -0.3 is 9.30 Å². The van der Waals surface area contributed by atoms with Crippen molar-refractivity contribution in [2.75, 3.05) is 0 Å². The normalized spacial score (nSPS) is 11.2. The van der Waals surface area contributed by atoms with Crippen molar-refractivity contribution < 1.29 is 9.53 Å². The number of nitrogens with zero attached hydrogens (tertiary/aromatic N) is 2. The Balaban J connectivity index is 1.09. The molecule has 0 unspecified atom stereocenters. The quantitative estimate of drug-likeness (QED) is 0.139. The highest BCUT2D eigenvalue weighted by Gasteiger charge is 2.12. The van der Waals surface area contributed by atoms with E-state index in [2.05, 4.69) is 70.5 Å². The highest BCUT2D eigenvalue weighted by Crippen LogP contribution is 2.34. The summed E-state index contributed by atoms with van der Waals surface area (Å²) in [5.41, 5.74) is 8.96. The van der Waals surface area contributed by atoms with E-state index in [0.717, 1.165) is 33.6 Å². The fraction of sp³-hybridized carbons (Fsp3) is 0.0556. The van der Waals surface area contributed by atoms with Crippen molar-refractivity contribution in [2.24, 2.45) is 5.10 Å². The molecule has 0 saturated carbocycles. The number of nitrogens with one attached hydrogen (secondary N) is 1. The van der Waals surface area contributed by atoms with Crippen molar-refractivity contribution in [2.45, 2.75) is 13.5 Å². The first kappa shape index (κ1) is 28.3. The second kappa shape index (κ2) is 12.6. The summed E-state index contributed by atoms with van der Waals surface area (Å²) in [6.45, 7) is 2.38. The number of carbonyl (C=O) groups is 1. The van der Waals surface area contributed by atoms with Crippen LogP contribution in [-0.2, 0) is 6.61 Å². The fourth-order valence-electron chi connectivity index (χ4n) is 4.98. The first-order valence-corrected chi connectivity index (χ1v) is 14.5. The van der Waals surface area contributed by atoms with Crippen LogP contribution < -0.4 is 10.2 Å². The highest BCUT2D eigenvalue weighted by atomic mass is 35.5. The topological polar surface area (TPSA) is 55.6 Å². The highest BCUT2D eigenvalue weighted by molar-refractivity contribution is 6.37. The molecule has 6 rings (SSSR count). The predicted molar refractivity (Wildman–Crippen MR) is 176 cm³/mol. The Labute approximate surface area is 260 Å². The molecule has 0 radical (unpaired) electrons. The largest absolute Gasteiger partial charge is 0.486 e.